The molecule has 1 amide bonds. The van der Waals surface area contributed by atoms with Gasteiger partial charge in [-0.05, 0) is 35.4 Å². The molecular formula is C18H19NO3. The van der Waals surface area contributed by atoms with Crippen molar-refractivity contribution in [3.05, 3.63) is 65.2 Å². The van der Waals surface area contributed by atoms with E-state index in [2.05, 4.69) is 17.4 Å². The fourth-order valence-electron chi connectivity index (χ4n) is 2.59. The highest BCUT2D eigenvalue weighted by molar-refractivity contribution is 5.94. The first-order valence-corrected chi connectivity index (χ1v) is 7.37. The van der Waals surface area contributed by atoms with Gasteiger partial charge in [-0.15, -0.1) is 0 Å². The van der Waals surface area contributed by atoms with Gasteiger partial charge >= 0.3 is 0 Å². The van der Waals surface area contributed by atoms with E-state index in [1.54, 1.807) is 31.4 Å². The summed E-state index contributed by atoms with van der Waals surface area (Å²) in [7, 11) is 1.60. The summed E-state index contributed by atoms with van der Waals surface area (Å²) in [6.07, 6.45) is 0.857. The molecule has 1 N–H and O–H groups in total. The highest BCUT2D eigenvalue weighted by atomic mass is 16.5. The summed E-state index contributed by atoms with van der Waals surface area (Å²) >= 11 is 0. The molecule has 1 atom stereocenters. The number of nitrogens with one attached hydrogen (secondary N) is 1. The fraction of sp³-hybridized carbons (Fsp3) is 0.278. The molecule has 0 saturated carbocycles. The van der Waals surface area contributed by atoms with Gasteiger partial charge in [0.2, 0.25) is 0 Å². The lowest BCUT2D eigenvalue weighted by Gasteiger charge is -2.25. The van der Waals surface area contributed by atoms with E-state index in [1.165, 1.54) is 11.1 Å². The summed E-state index contributed by atoms with van der Waals surface area (Å²) in [4.78, 5) is 12.1. The van der Waals surface area contributed by atoms with Gasteiger partial charge in [-0.25, -0.2) is 0 Å². The van der Waals surface area contributed by atoms with Crippen molar-refractivity contribution in [3.8, 4) is 5.75 Å². The second-order valence-corrected chi connectivity index (χ2v) is 5.34. The molecule has 22 heavy (non-hydrogen) atoms. The van der Waals surface area contributed by atoms with Crippen molar-refractivity contribution in [1.82, 2.24) is 5.32 Å². The van der Waals surface area contributed by atoms with Gasteiger partial charge in [-0.1, -0.05) is 24.3 Å². The van der Waals surface area contributed by atoms with Gasteiger partial charge in [-0.3, -0.25) is 4.79 Å². The molecule has 0 radical (unpaired) electrons. The number of hydrogen-bond acceptors (Lipinski definition) is 3. The minimum atomic E-state index is -0.0925. The molecule has 0 fully saturated rings. The van der Waals surface area contributed by atoms with Crippen LogP contribution >= 0.6 is 0 Å². The molecule has 4 heteroatoms. The van der Waals surface area contributed by atoms with Crippen LogP contribution in [0.5, 0.6) is 5.75 Å². The standard InChI is InChI=1S/C18H19NO3/c1-21-16-8-6-13(7-9-16)18(20)19-11-17-10-14-4-2-3-5-15(14)12-22-17/h2-9,17H,10-12H2,1H3,(H,19,20). The Hall–Kier alpha value is -2.33. The van der Waals surface area contributed by atoms with Gasteiger partial charge in [0.25, 0.3) is 5.91 Å². The number of methoxy groups -OCH3 is 1. The van der Waals surface area contributed by atoms with E-state index in [4.69, 9.17) is 9.47 Å². The van der Waals surface area contributed by atoms with Crippen LogP contribution < -0.4 is 10.1 Å². The number of carbonyl (C=O) groups is 1. The average molecular weight is 297 g/mol. The highest BCUT2D eigenvalue weighted by Crippen LogP contribution is 2.20. The first-order chi connectivity index (χ1) is 10.8. The minimum absolute atomic E-state index is 0.0251. The van der Waals surface area contributed by atoms with Crippen LogP contribution in [0.3, 0.4) is 0 Å². The molecule has 1 aliphatic heterocycles. The molecule has 0 bridgehead atoms. The Morgan fingerprint density at radius 2 is 1.91 bits per heavy atom. The van der Waals surface area contributed by atoms with Crippen LogP contribution in [-0.4, -0.2) is 25.7 Å². The molecule has 1 heterocycles. The first-order valence-electron chi connectivity index (χ1n) is 7.37. The lowest BCUT2D eigenvalue weighted by atomic mass is 9.99. The summed E-state index contributed by atoms with van der Waals surface area (Å²) in [5, 5.41) is 2.93. The van der Waals surface area contributed by atoms with Crippen LogP contribution in [0.1, 0.15) is 21.5 Å². The second-order valence-electron chi connectivity index (χ2n) is 5.34. The second kappa shape index (κ2) is 6.62. The van der Waals surface area contributed by atoms with E-state index in [-0.39, 0.29) is 12.0 Å². The van der Waals surface area contributed by atoms with E-state index in [0.29, 0.717) is 18.7 Å². The zero-order valence-corrected chi connectivity index (χ0v) is 12.5. The number of amides is 1. The van der Waals surface area contributed by atoms with Crippen molar-refractivity contribution in [2.45, 2.75) is 19.1 Å². The third-order valence-corrected chi connectivity index (χ3v) is 3.88. The van der Waals surface area contributed by atoms with Crippen LogP contribution in [0, 0.1) is 0 Å². The Labute approximate surface area is 130 Å². The quantitative estimate of drug-likeness (QED) is 0.943. The van der Waals surface area contributed by atoms with Crippen molar-refractivity contribution >= 4 is 5.91 Å². The zero-order valence-electron chi connectivity index (χ0n) is 12.5. The Morgan fingerprint density at radius 3 is 2.64 bits per heavy atom. The molecular weight excluding hydrogens is 278 g/mol. The van der Waals surface area contributed by atoms with Crippen LogP contribution in [0.25, 0.3) is 0 Å². The molecule has 2 aromatic carbocycles. The molecule has 1 aliphatic rings. The van der Waals surface area contributed by atoms with Gasteiger partial charge in [0, 0.05) is 18.5 Å². The number of rotatable bonds is 4. The molecule has 4 nitrogen and oxygen atoms in total. The fourth-order valence-corrected chi connectivity index (χ4v) is 2.59. The maximum atomic E-state index is 12.1. The Balaban J connectivity index is 1.55. The van der Waals surface area contributed by atoms with Crippen molar-refractivity contribution in [1.29, 1.82) is 0 Å². The third-order valence-electron chi connectivity index (χ3n) is 3.88. The summed E-state index contributed by atoms with van der Waals surface area (Å²) in [6, 6.07) is 15.3. The predicted molar refractivity (Wildman–Crippen MR) is 84.1 cm³/mol. The Bertz CT molecular complexity index is 652. The van der Waals surface area contributed by atoms with Gasteiger partial charge in [-0.2, -0.15) is 0 Å². The number of benzene rings is 2. The van der Waals surface area contributed by atoms with E-state index in [9.17, 15) is 4.79 Å². The number of ether oxygens (including phenoxy) is 2. The van der Waals surface area contributed by atoms with Crippen LogP contribution in [0.15, 0.2) is 48.5 Å². The van der Waals surface area contributed by atoms with Crippen molar-refractivity contribution in [3.63, 3.8) is 0 Å². The summed E-state index contributed by atoms with van der Waals surface area (Å²) in [5.41, 5.74) is 3.16. The summed E-state index contributed by atoms with van der Waals surface area (Å²) in [6.45, 7) is 1.12. The first kappa shape index (κ1) is 14.6. The lowest BCUT2D eigenvalue weighted by Crippen LogP contribution is -2.36. The van der Waals surface area contributed by atoms with Gasteiger partial charge in [0.05, 0.1) is 19.8 Å². The number of fused-ring (bicyclic) bond motifs is 1. The largest absolute Gasteiger partial charge is 0.497 e. The Morgan fingerprint density at radius 1 is 1.18 bits per heavy atom. The van der Waals surface area contributed by atoms with Crippen LogP contribution in [0.4, 0.5) is 0 Å². The maximum absolute atomic E-state index is 12.1. The highest BCUT2D eigenvalue weighted by Gasteiger charge is 2.19. The average Bonchev–Trinajstić information content (AvgIpc) is 2.59. The topological polar surface area (TPSA) is 47.6 Å². The summed E-state index contributed by atoms with van der Waals surface area (Å²) in [5.74, 6) is 0.647. The van der Waals surface area contributed by atoms with Crippen molar-refractivity contribution < 1.29 is 14.3 Å². The lowest BCUT2D eigenvalue weighted by molar-refractivity contribution is 0.0285. The molecule has 114 valence electrons. The molecule has 0 aliphatic carbocycles. The number of carbonyl (C=O) groups excluding carboxylic acids is 1. The number of hydrogen-bond donors (Lipinski definition) is 1. The molecule has 3 rings (SSSR count). The SMILES string of the molecule is COc1ccc(C(=O)NCC2Cc3ccccc3CO2)cc1. The van der Waals surface area contributed by atoms with Crippen molar-refractivity contribution in [2.75, 3.05) is 13.7 Å². The van der Waals surface area contributed by atoms with E-state index < -0.39 is 0 Å². The van der Waals surface area contributed by atoms with Crippen LogP contribution in [0.2, 0.25) is 0 Å². The molecule has 1 unspecified atom stereocenters. The molecule has 2 aromatic rings. The monoisotopic (exact) mass is 297 g/mol. The minimum Gasteiger partial charge on any atom is -0.497 e. The molecule has 0 saturated heterocycles. The smallest absolute Gasteiger partial charge is 0.251 e. The maximum Gasteiger partial charge on any atom is 0.251 e. The zero-order chi connectivity index (χ0) is 15.4. The van der Waals surface area contributed by atoms with Gasteiger partial charge in [0.15, 0.2) is 0 Å². The molecule has 0 spiro atoms. The van der Waals surface area contributed by atoms with Gasteiger partial charge < -0.3 is 14.8 Å². The van der Waals surface area contributed by atoms with E-state index >= 15 is 0 Å². The Kier molecular flexibility index (Phi) is 4.39. The molecule has 0 aromatic heterocycles. The predicted octanol–water partition coefficient (Wildman–Crippen LogP) is 2.57. The van der Waals surface area contributed by atoms with E-state index in [1.807, 2.05) is 12.1 Å². The van der Waals surface area contributed by atoms with Crippen molar-refractivity contribution in [2.24, 2.45) is 0 Å². The van der Waals surface area contributed by atoms with E-state index in [0.717, 1.165) is 12.2 Å². The van der Waals surface area contributed by atoms with Crippen LogP contribution in [-0.2, 0) is 17.8 Å². The normalized spacial score (nSPS) is 16.7. The summed E-state index contributed by atoms with van der Waals surface area (Å²) < 4.78 is 10.9. The third kappa shape index (κ3) is 3.28. The van der Waals surface area contributed by atoms with Gasteiger partial charge in [0.1, 0.15) is 5.75 Å².